The molecular formula is C18H24N2O. The molecular weight excluding hydrogens is 260 g/mol. The number of aryl methyl sites for hydroxylation is 1. The van der Waals surface area contributed by atoms with Crippen molar-refractivity contribution in [1.82, 2.24) is 5.16 Å². The largest absolute Gasteiger partial charge is 0.367 e. The zero-order valence-corrected chi connectivity index (χ0v) is 13.1. The molecule has 1 unspecified atom stereocenters. The third-order valence-corrected chi connectivity index (χ3v) is 5.00. The van der Waals surface area contributed by atoms with E-state index in [-0.39, 0.29) is 5.41 Å². The molecule has 2 N–H and O–H groups in total. The van der Waals surface area contributed by atoms with E-state index in [0.717, 1.165) is 23.2 Å². The van der Waals surface area contributed by atoms with Crippen molar-refractivity contribution < 1.29 is 4.52 Å². The monoisotopic (exact) mass is 284 g/mol. The quantitative estimate of drug-likeness (QED) is 0.852. The van der Waals surface area contributed by atoms with E-state index in [1.54, 1.807) is 0 Å². The molecule has 112 valence electrons. The average molecular weight is 284 g/mol. The fraction of sp³-hybridized carbons (Fsp3) is 0.500. The molecule has 1 aromatic heterocycles. The number of nitrogens with zero attached hydrogens (tertiary/aromatic N) is 1. The number of nitrogens with two attached hydrogens (primary N) is 1. The maximum Gasteiger partial charge on any atom is 0.230 e. The molecule has 0 spiro atoms. The highest BCUT2D eigenvalue weighted by Gasteiger charge is 2.37. The maximum absolute atomic E-state index is 6.11. The smallest absolute Gasteiger partial charge is 0.230 e. The van der Waals surface area contributed by atoms with Gasteiger partial charge in [0.2, 0.25) is 5.88 Å². The van der Waals surface area contributed by atoms with Gasteiger partial charge in [-0.25, -0.2) is 0 Å². The molecule has 1 aliphatic rings. The van der Waals surface area contributed by atoms with E-state index in [1.807, 2.05) is 12.1 Å². The van der Waals surface area contributed by atoms with Gasteiger partial charge in [-0.3, -0.25) is 0 Å². The Morgan fingerprint density at radius 2 is 2.00 bits per heavy atom. The van der Waals surface area contributed by atoms with Crippen LogP contribution in [0.1, 0.15) is 56.7 Å². The average Bonchev–Trinajstić information content (AvgIpc) is 2.80. The lowest BCUT2D eigenvalue weighted by Gasteiger charge is -2.37. The highest BCUT2D eigenvalue weighted by molar-refractivity contribution is 5.78. The summed E-state index contributed by atoms with van der Waals surface area (Å²) >= 11 is 0. The van der Waals surface area contributed by atoms with Crippen molar-refractivity contribution in [3.05, 3.63) is 35.5 Å². The maximum atomic E-state index is 6.11. The van der Waals surface area contributed by atoms with E-state index in [9.17, 15) is 0 Å². The van der Waals surface area contributed by atoms with Crippen LogP contribution >= 0.6 is 0 Å². The fourth-order valence-corrected chi connectivity index (χ4v) is 3.68. The van der Waals surface area contributed by atoms with Crippen molar-refractivity contribution in [2.75, 3.05) is 5.73 Å². The van der Waals surface area contributed by atoms with Crippen LogP contribution in [0.25, 0.3) is 11.1 Å². The van der Waals surface area contributed by atoms with Crippen LogP contribution in [0.2, 0.25) is 0 Å². The lowest BCUT2D eigenvalue weighted by molar-refractivity contribution is 0.192. The Balaban J connectivity index is 2.11. The van der Waals surface area contributed by atoms with Gasteiger partial charge >= 0.3 is 0 Å². The Hall–Kier alpha value is -1.77. The fourth-order valence-electron chi connectivity index (χ4n) is 3.68. The van der Waals surface area contributed by atoms with Crippen molar-refractivity contribution >= 4 is 5.88 Å². The van der Waals surface area contributed by atoms with E-state index in [2.05, 4.69) is 38.1 Å². The summed E-state index contributed by atoms with van der Waals surface area (Å²) in [5.74, 6) is 0.863. The summed E-state index contributed by atoms with van der Waals surface area (Å²) < 4.78 is 5.38. The number of benzene rings is 1. The Kier molecular flexibility index (Phi) is 3.52. The van der Waals surface area contributed by atoms with Crippen LogP contribution < -0.4 is 5.73 Å². The molecule has 0 amide bonds. The summed E-state index contributed by atoms with van der Waals surface area (Å²) in [6, 6.07) is 8.31. The summed E-state index contributed by atoms with van der Waals surface area (Å²) in [5.41, 5.74) is 10.8. The lowest BCUT2D eigenvalue weighted by Crippen LogP contribution is -2.26. The first-order valence-electron chi connectivity index (χ1n) is 7.82. The minimum absolute atomic E-state index is 0.249. The zero-order valence-electron chi connectivity index (χ0n) is 13.1. The van der Waals surface area contributed by atoms with Crippen LogP contribution in [0.4, 0.5) is 5.88 Å². The molecule has 0 aliphatic heterocycles. The Labute approximate surface area is 126 Å². The number of nitrogen functional groups attached to an aromatic ring is 1. The Morgan fingerprint density at radius 1 is 1.24 bits per heavy atom. The van der Waals surface area contributed by atoms with Crippen LogP contribution in [0, 0.1) is 12.3 Å². The van der Waals surface area contributed by atoms with Crippen LogP contribution in [0.3, 0.4) is 0 Å². The van der Waals surface area contributed by atoms with Crippen molar-refractivity contribution in [2.45, 2.75) is 52.4 Å². The lowest BCUT2D eigenvalue weighted by atomic mass is 9.66. The normalized spacial score (nSPS) is 21.4. The van der Waals surface area contributed by atoms with Crippen molar-refractivity contribution in [2.24, 2.45) is 5.41 Å². The first-order chi connectivity index (χ1) is 10.0. The number of hydrogen-bond acceptors (Lipinski definition) is 3. The van der Waals surface area contributed by atoms with Crippen molar-refractivity contribution in [3.8, 4) is 11.1 Å². The molecule has 1 heterocycles. The van der Waals surface area contributed by atoms with Gasteiger partial charge in [0.25, 0.3) is 0 Å². The Bertz CT molecular complexity index is 642. The van der Waals surface area contributed by atoms with Gasteiger partial charge in [0.05, 0.1) is 11.3 Å². The third kappa shape index (κ3) is 2.45. The van der Waals surface area contributed by atoms with Crippen LogP contribution in [-0.2, 0) is 0 Å². The van der Waals surface area contributed by atoms with Crippen molar-refractivity contribution in [1.29, 1.82) is 0 Å². The molecule has 1 saturated carbocycles. The standard InChI is InChI=1S/C18H24N2O/c1-12-8-4-5-9-13(12)15-16(20-21-17(15)19)14-10-6-7-11-18(14,2)3/h4-5,8-9,14H,6-7,10-11,19H2,1-3H3. The second-order valence-corrected chi connectivity index (χ2v) is 6.91. The Morgan fingerprint density at radius 3 is 2.71 bits per heavy atom. The summed E-state index contributed by atoms with van der Waals surface area (Å²) in [7, 11) is 0. The second kappa shape index (κ2) is 5.21. The summed E-state index contributed by atoms with van der Waals surface area (Å²) in [5, 5.41) is 4.35. The van der Waals surface area contributed by atoms with Gasteiger partial charge in [0.15, 0.2) is 0 Å². The molecule has 1 atom stereocenters. The molecule has 3 nitrogen and oxygen atoms in total. The summed E-state index contributed by atoms with van der Waals surface area (Å²) in [4.78, 5) is 0. The molecule has 3 heteroatoms. The van der Waals surface area contributed by atoms with Crippen LogP contribution in [0.15, 0.2) is 28.8 Å². The molecule has 21 heavy (non-hydrogen) atoms. The zero-order chi connectivity index (χ0) is 15.0. The summed E-state index contributed by atoms with van der Waals surface area (Å²) in [6.07, 6.45) is 4.96. The minimum Gasteiger partial charge on any atom is -0.367 e. The van der Waals surface area contributed by atoms with Gasteiger partial charge in [-0.1, -0.05) is 56.1 Å². The molecule has 1 fully saturated rings. The first-order valence-corrected chi connectivity index (χ1v) is 7.82. The first kappa shape index (κ1) is 14.2. The number of anilines is 1. The van der Waals surface area contributed by atoms with Gasteiger partial charge in [0, 0.05) is 5.92 Å². The molecule has 0 saturated heterocycles. The van der Waals surface area contributed by atoms with Gasteiger partial charge in [-0.15, -0.1) is 0 Å². The van der Waals surface area contributed by atoms with Gasteiger partial charge in [-0.2, -0.15) is 0 Å². The number of rotatable bonds is 2. The van der Waals surface area contributed by atoms with E-state index in [1.165, 1.54) is 24.8 Å². The van der Waals surface area contributed by atoms with E-state index < -0.39 is 0 Å². The highest BCUT2D eigenvalue weighted by atomic mass is 16.5. The predicted molar refractivity (Wildman–Crippen MR) is 86.1 cm³/mol. The van der Waals surface area contributed by atoms with Gasteiger partial charge in [-0.05, 0) is 36.3 Å². The molecule has 1 aliphatic carbocycles. The second-order valence-electron chi connectivity index (χ2n) is 6.91. The van der Waals surface area contributed by atoms with E-state index in [0.29, 0.717) is 11.8 Å². The number of aromatic nitrogens is 1. The van der Waals surface area contributed by atoms with Crippen LogP contribution in [0.5, 0.6) is 0 Å². The molecule has 0 bridgehead atoms. The third-order valence-electron chi connectivity index (χ3n) is 5.00. The highest BCUT2D eigenvalue weighted by Crippen LogP contribution is 2.49. The van der Waals surface area contributed by atoms with Crippen LogP contribution in [-0.4, -0.2) is 5.16 Å². The molecule has 2 aromatic rings. The number of hydrogen-bond donors (Lipinski definition) is 1. The topological polar surface area (TPSA) is 52.0 Å². The summed E-state index contributed by atoms with van der Waals surface area (Å²) in [6.45, 7) is 6.78. The van der Waals surface area contributed by atoms with E-state index in [4.69, 9.17) is 10.3 Å². The molecule has 1 aromatic carbocycles. The SMILES string of the molecule is Cc1ccccc1-c1c(C2CCCCC2(C)C)noc1N. The predicted octanol–water partition coefficient (Wildman–Crippen LogP) is 4.92. The molecule has 3 rings (SSSR count). The minimum atomic E-state index is 0.249. The molecule has 0 radical (unpaired) electrons. The van der Waals surface area contributed by atoms with Gasteiger partial charge < -0.3 is 10.3 Å². The van der Waals surface area contributed by atoms with E-state index >= 15 is 0 Å². The van der Waals surface area contributed by atoms with Crippen molar-refractivity contribution in [3.63, 3.8) is 0 Å². The van der Waals surface area contributed by atoms with Gasteiger partial charge in [0.1, 0.15) is 0 Å².